The molecule has 4 nitrogen and oxygen atoms in total. The first-order chi connectivity index (χ1) is 11.3. The highest BCUT2D eigenvalue weighted by Gasteiger charge is 2.17. The Morgan fingerprint density at radius 1 is 1.13 bits per heavy atom. The monoisotopic (exact) mass is 306 g/mol. The van der Waals surface area contributed by atoms with E-state index >= 15 is 0 Å². The van der Waals surface area contributed by atoms with Gasteiger partial charge in [-0.25, -0.2) is 0 Å². The molecule has 1 unspecified atom stereocenters. The summed E-state index contributed by atoms with van der Waals surface area (Å²) in [6.45, 7) is 6.29. The SMILES string of the molecule is CC1CN(Cn2ncc3c(-c4ccccc4)cccc32)CCN1. The maximum atomic E-state index is 4.66. The molecule has 2 heterocycles. The first-order valence-electron chi connectivity index (χ1n) is 8.27. The van der Waals surface area contributed by atoms with Crippen LogP contribution in [0.15, 0.2) is 54.7 Å². The van der Waals surface area contributed by atoms with Crippen molar-refractivity contribution in [3.8, 4) is 11.1 Å². The summed E-state index contributed by atoms with van der Waals surface area (Å²) in [6.07, 6.45) is 2.00. The standard InChI is InChI=1S/C19H22N4/c1-15-13-22(11-10-20-15)14-23-19-9-5-8-17(18(19)12-21-23)16-6-3-2-4-7-16/h2-9,12,15,20H,10-11,13-14H2,1H3. The van der Waals surface area contributed by atoms with Crippen LogP contribution in [0.5, 0.6) is 0 Å². The third-order valence-electron chi connectivity index (χ3n) is 4.56. The van der Waals surface area contributed by atoms with Crippen molar-refractivity contribution in [2.45, 2.75) is 19.6 Å². The molecular formula is C19H22N4. The van der Waals surface area contributed by atoms with Crippen LogP contribution in [0, 0.1) is 0 Å². The molecule has 1 saturated heterocycles. The Morgan fingerprint density at radius 2 is 2.00 bits per heavy atom. The van der Waals surface area contributed by atoms with Gasteiger partial charge in [-0.15, -0.1) is 0 Å². The molecule has 1 aliphatic heterocycles. The number of nitrogens with one attached hydrogen (secondary N) is 1. The molecule has 0 radical (unpaired) electrons. The average Bonchev–Trinajstić information content (AvgIpc) is 2.99. The summed E-state index contributed by atoms with van der Waals surface area (Å²) in [7, 11) is 0. The Kier molecular flexibility index (Phi) is 3.85. The number of aromatic nitrogens is 2. The number of fused-ring (bicyclic) bond motifs is 1. The summed E-state index contributed by atoms with van der Waals surface area (Å²) in [5.41, 5.74) is 3.70. The van der Waals surface area contributed by atoms with Crippen molar-refractivity contribution in [2.75, 3.05) is 19.6 Å². The van der Waals surface area contributed by atoms with Crippen molar-refractivity contribution < 1.29 is 0 Å². The van der Waals surface area contributed by atoms with Crippen molar-refractivity contribution in [1.29, 1.82) is 0 Å². The third kappa shape index (κ3) is 2.87. The predicted octanol–water partition coefficient (Wildman–Crippen LogP) is 2.95. The van der Waals surface area contributed by atoms with Crippen LogP contribution in [0.3, 0.4) is 0 Å². The van der Waals surface area contributed by atoms with Gasteiger partial charge < -0.3 is 5.32 Å². The van der Waals surface area contributed by atoms with Crippen molar-refractivity contribution in [3.63, 3.8) is 0 Å². The summed E-state index contributed by atoms with van der Waals surface area (Å²) in [5.74, 6) is 0. The lowest BCUT2D eigenvalue weighted by molar-refractivity contribution is 0.161. The summed E-state index contributed by atoms with van der Waals surface area (Å²) >= 11 is 0. The van der Waals surface area contributed by atoms with E-state index in [0.717, 1.165) is 26.3 Å². The molecule has 0 spiro atoms. The van der Waals surface area contributed by atoms with E-state index in [1.54, 1.807) is 0 Å². The van der Waals surface area contributed by atoms with Crippen molar-refractivity contribution >= 4 is 10.9 Å². The molecule has 1 aliphatic rings. The third-order valence-corrected chi connectivity index (χ3v) is 4.56. The van der Waals surface area contributed by atoms with E-state index in [9.17, 15) is 0 Å². The molecule has 118 valence electrons. The van der Waals surface area contributed by atoms with E-state index in [4.69, 9.17) is 0 Å². The van der Waals surface area contributed by atoms with Crippen molar-refractivity contribution in [3.05, 3.63) is 54.7 Å². The summed E-state index contributed by atoms with van der Waals surface area (Å²) in [5, 5.41) is 9.37. The molecular weight excluding hydrogens is 284 g/mol. The molecule has 2 aromatic carbocycles. The number of piperazine rings is 1. The van der Waals surface area contributed by atoms with E-state index < -0.39 is 0 Å². The second kappa shape index (κ2) is 6.14. The molecule has 0 amide bonds. The van der Waals surface area contributed by atoms with E-state index in [0.29, 0.717) is 6.04 Å². The minimum absolute atomic E-state index is 0.547. The van der Waals surface area contributed by atoms with Gasteiger partial charge in [0, 0.05) is 31.1 Å². The van der Waals surface area contributed by atoms with Gasteiger partial charge in [0.1, 0.15) is 0 Å². The fourth-order valence-corrected chi connectivity index (χ4v) is 3.42. The van der Waals surface area contributed by atoms with Gasteiger partial charge >= 0.3 is 0 Å². The molecule has 0 bridgehead atoms. The van der Waals surface area contributed by atoms with Crippen LogP contribution in [0.25, 0.3) is 22.0 Å². The molecule has 1 aromatic heterocycles. The second-order valence-electron chi connectivity index (χ2n) is 6.32. The summed E-state index contributed by atoms with van der Waals surface area (Å²) in [4.78, 5) is 2.46. The zero-order valence-corrected chi connectivity index (χ0v) is 13.4. The Hall–Kier alpha value is -2.17. The number of rotatable bonds is 3. The number of benzene rings is 2. The highest BCUT2D eigenvalue weighted by molar-refractivity contribution is 5.94. The number of hydrogen-bond acceptors (Lipinski definition) is 3. The van der Waals surface area contributed by atoms with E-state index in [1.807, 2.05) is 6.20 Å². The Bertz CT molecular complexity index is 793. The quantitative estimate of drug-likeness (QED) is 0.807. The van der Waals surface area contributed by atoms with Gasteiger partial charge in [0.25, 0.3) is 0 Å². The summed E-state index contributed by atoms with van der Waals surface area (Å²) in [6, 6.07) is 17.6. The highest BCUT2D eigenvalue weighted by Crippen LogP contribution is 2.28. The number of nitrogens with zero attached hydrogens (tertiary/aromatic N) is 3. The lowest BCUT2D eigenvalue weighted by atomic mass is 10.0. The lowest BCUT2D eigenvalue weighted by Gasteiger charge is -2.31. The Labute approximate surface area is 136 Å². The summed E-state index contributed by atoms with van der Waals surface area (Å²) < 4.78 is 2.12. The lowest BCUT2D eigenvalue weighted by Crippen LogP contribution is -2.49. The van der Waals surface area contributed by atoms with Crippen LogP contribution in [0.1, 0.15) is 6.92 Å². The molecule has 1 N–H and O–H groups in total. The molecule has 3 aromatic rings. The van der Waals surface area contributed by atoms with Crippen molar-refractivity contribution in [2.24, 2.45) is 0 Å². The predicted molar refractivity (Wildman–Crippen MR) is 94.2 cm³/mol. The van der Waals surface area contributed by atoms with Crippen LogP contribution >= 0.6 is 0 Å². The van der Waals surface area contributed by atoms with Gasteiger partial charge in [-0.2, -0.15) is 5.10 Å². The van der Waals surface area contributed by atoms with Crippen LogP contribution in [0.4, 0.5) is 0 Å². The smallest absolute Gasteiger partial charge is 0.0937 e. The first-order valence-corrected chi connectivity index (χ1v) is 8.27. The van der Waals surface area contributed by atoms with Crippen molar-refractivity contribution in [1.82, 2.24) is 20.0 Å². The van der Waals surface area contributed by atoms with Gasteiger partial charge in [0.15, 0.2) is 0 Å². The van der Waals surface area contributed by atoms with Crippen LogP contribution in [-0.4, -0.2) is 40.4 Å². The van der Waals surface area contributed by atoms with Gasteiger partial charge in [-0.1, -0.05) is 42.5 Å². The fourth-order valence-electron chi connectivity index (χ4n) is 3.42. The van der Waals surface area contributed by atoms with E-state index in [1.165, 1.54) is 22.0 Å². The molecule has 4 heteroatoms. The maximum absolute atomic E-state index is 4.66. The van der Waals surface area contributed by atoms with Crippen LogP contribution in [0.2, 0.25) is 0 Å². The van der Waals surface area contributed by atoms with Gasteiger partial charge in [-0.05, 0) is 24.1 Å². The molecule has 1 atom stereocenters. The Morgan fingerprint density at radius 3 is 2.83 bits per heavy atom. The molecule has 1 fully saturated rings. The highest BCUT2D eigenvalue weighted by atomic mass is 15.4. The minimum Gasteiger partial charge on any atom is -0.312 e. The van der Waals surface area contributed by atoms with Gasteiger partial charge in [-0.3, -0.25) is 9.58 Å². The first kappa shape index (κ1) is 14.4. The normalized spacial score (nSPS) is 19.3. The largest absolute Gasteiger partial charge is 0.312 e. The van der Waals surface area contributed by atoms with Crippen LogP contribution in [-0.2, 0) is 6.67 Å². The second-order valence-corrected chi connectivity index (χ2v) is 6.32. The van der Waals surface area contributed by atoms with Gasteiger partial charge in [0.05, 0.1) is 18.4 Å². The Balaban J connectivity index is 1.68. The zero-order valence-electron chi connectivity index (χ0n) is 13.4. The molecule has 4 rings (SSSR count). The number of hydrogen-bond donors (Lipinski definition) is 1. The minimum atomic E-state index is 0.547. The topological polar surface area (TPSA) is 33.1 Å². The fraction of sp³-hybridized carbons (Fsp3) is 0.316. The van der Waals surface area contributed by atoms with E-state index in [-0.39, 0.29) is 0 Å². The zero-order chi connectivity index (χ0) is 15.6. The molecule has 0 aliphatic carbocycles. The van der Waals surface area contributed by atoms with E-state index in [2.05, 4.69) is 75.5 Å². The maximum Gasteiger partial charge on any atom is 0.0937 e. The molecule has 23 heavy (non-hydrogen) atoms. The van der Waals surface area contributed by atoms with Gasteiger partial charge in [0.2, 0.25) is 0 Å². The van der Waals surface area contributed by atoms with Crippen LogP contribution < -0.4 is 5.32 Å². The average molecular weight is 306 g/mol. The molecule has 0 saturated carbocycles.